The van der Waals surface area contributed by atoms with Crippen LogP contribution < -0.4 is 4.90 Å². The van der Waals surface area contributed by atoms with Gasteiger partial charge in [-0.1, -0.05) is 26.0 Å². The van der Waals surface area contributed by atoms with Crippen LogP contribution in [0, 0.1) is 5.92 Å². The fourth-order valence-corrected chi connectivity index (χ4v) is 1.82. The van der Waals surface area contributed by atoms with Gasteiger partial charge in [-0.2, -0.15) is 0 Å². The predicted octanol–water partition coefficient (Wildman–Crippen LogP) is 3.22. The average Bonchev–Trinajstić information content (AvgIpc) is 2.25. The lowest BCUT2D eigenvalue weighted by atomic mass is 10.1. The van der Waals surface area contributed by atoms with Crippen LogP contribution in [0.3, 0.4) is 0 Å². The van der Waals surface area contributed by atoms with Crippen LogP contribution in [0.5, 0.6) is 0 Å². The molecule has 0 fully saturated rings. The Morgan fingerprint density at radius 3 is 2.06 bits per heavy atom. The Bertz CT molecular complexity index is 303. The van der Waals surface area contributed by atoms with Crippen LogP contribution in [0.15, 0.2) is 24.3 Å². The Morgan fingerprint density at radius 2 is 1.69 bits per heavy atom. The highest BCUT2D eigenvalue weighted by molar-refractivity contribution is 5.47. The van der Waals surface area contributed by atoms with Crippen molar-refractivity contribution in [1.29, 1.82) is 0 Å². The molecular formula is C14H23NO. The normalized spacial score (nSPS) is 12.9. The minimum atomic E-state index is -0.380. The van der Waals surface area contributed by atoms with Gasteiger partial charge in [0.25, 0.3) is 0 Å². The van der Waals surface area contributed by atoms with E-state index in [0.717, 1.165) is 18.7 Å². The van der Waals surface area contributed by atoms with Gasteiger partial charge < -0.3 is 10.0 Å². The predicted molar refractivity (Wildman–Crippen MR) is 69.8 cm³/mol. The maximum atomic E-state index is 9.44. The van der Waals surface area contributed by atoms with Gasteiger partial charge >= 0.3 is 0 Å². The molecule has 0 radical (unpaired) electrons. The monoisotopic (exact) mass is 221 g/mol. The molecule has 1 atom stereocenters. The summed E-state index contributed by atoms with van der Waals surface area (Å²) in [7, 11) is 0. The van der Waals surface area contributed by atoms with E-state index in [2.05, 4.69) is 37.8 Å². The Kier molecular flexibility index (Phi) is 4.81. The first-order chi connectivity index (χ1) is 7.54. The summed E-state index contributed by atoms with van der Waals surface area (Å²) in [5.74, 6) is 0.663. The molecule has 1 rings (SSSR count). The first kappa shape index (κ1) is 13.0. The van der Waals surface area contributed by atoms with Gasteiger partial charge in [0.05, 0.1) is 6.10 Å². The molecule has 0 saturated carbocycles. The Hall–Kier alpha value is -1.02. The summed E-state index contributed by atoms with van der Waals surface area (Å²) in [4.78, 5) is 2.36. The van der Waals surface area contributed by atoms with Crippen molar-refractivity contribution in [3.05, 3.63) is 29.8 Å². The van der Waals surface area contributed by atoms with Crippen LogP contribution in [0.4, 0.5) is 5.69 Å². The number of anilines is 1. The lowest BCUT2D eigenvalue weighted by molar-refractivity contribution is 0.199. The van der Waals surface area contributed by atoms with Crippen molar-refractivity contribution in [2.24, 2.45) is 5.92 Å². The molecule has 0 amide bonds. The van der Waals surface area contributed by atoms with Gasteiger partial charge in [-0.3, -0.25) is 0 Å². The molecule has 0 aliphatic carbocycles. The summed E-state index contributed by atoms with van der Waals surface area (Å²) in [5, 5.41) is 9.44. The molecule has 2 nitrogen and oxygen atoms in total. The number of hydrogen-bond donors (Lipinski definition) is 1. The summed E-state index contributed by atoms with van der Waals surface area (Å²) >= 11 is 0. The van der Waals surface area contributed by atoms with Crippen LogP contribution in [-0.4, -0.2) is 18.2 Å². The zero-order valence-corrected chi connectivity index (χ0v) is 10.8. The number of aliphatic hydroxyl groups excluding tert-OH is 1. The van der Waals surface area contributed by atoms with Crippen molar-refractivity contribution in [2.75, 3.05) is 18.0 Å². The van der Waals surface area contributed by atoms with Gasteiger partial charge in [0, 0.05) is 18.8 Å². The largest absolute Gasteiger partial charge is 0.389 e. The van der Waals surface area contributed by atoms with E-state index in [1.165, 1.54) is 5.69 Å². The summed E-state index contributed by atoms with van der Waals surface area (Å²) in [6.45, 7) is 10.5. The van der Waals surface area contributed by atoms with E-state index in [1.54, 1.807) is 6.92 Å². The summed E-state index contributed by atoms with van der Waals surface area (Å²) in [5.41, 5.74) is 2.21. The lowest BCUT2D eigenvalue weighted by Crippen LogP contribution is -2.27. The molecule has 1 aromatic rings. The first-order valence-corrected chi connectivity index (χ1v) is 6.07. The molecule has 90 valence electrons. The van der Waals surface area contributed by atoms with E-state index >= 15 is 0 Å². The number of aliphatic hydroxyl groups is 1. The molecule has 16 heavy (non-hydrogen) atoms. The Morgan fingerprint density at radius 1 is 1.12 bits per heavy atom. The number of benzene rings is 1. The van der Waals surface area contributed by atoms with Gasteiger partial charge in [-0.05, 0) is 37.5 Å². The van der Waals surface area contributed by atoms with Crippen LogP contribution in [0.1, 0.15) is 39.4 Å². The van der Waals surface area contributed by atoms with Crippen molar-refractivity contribution in [3.63, 3.8) is 0 Å². The second kappa shape index (κ2) is 5.90. The van der Waals surface area contributed by atoms with Gasteiger partial charge in [-0.25, -0.2) is 0 Å². The SMILES string of the molecule is CCN(CC(C)C)c1ccc(C(C)O)cc1. The lowest BCUT2D eigenvalue weighted by Gasteiger charge is -2.25. The summed E-state index contributed by atoms with van der Waals surface area (Å²) in [6, 6.07) is 8.19. The smallest absolute Gasteiger partial charge is 0.0761 e. The fourth-order valence-electron chi connectivity index (χ4n) is 1.82. The number of hydrogen-bond acceptors (Lipinski definition) is 2. The average molecular weight is 221 g/mol. The molecule has 0 aliphatic heterocycles. The van der Waals surface area contributed by atoms with Gasteiger partial charge in [0.15, 0.2) is 0 Å². The highest BCUT2D eigenvalue weighted by Gasteiger charge is 2.07. The van der Waals surface area contributed by atoms with E-state index in [-0.39, 0.29) is 6.10 Å². The van der Waals surface area contributed by atoms with E-state index in [4.69, 9.17) is 0 Å². The van der Waals surface area contributed by atoms with E-state index in [1.807, 2.05) is 12.1 Å². The summed E-state index contributed by atoms with van der Waals surface area (Å²) < 4.78 is 0. The molecule has 0 bridgehead atoms. The van der Waals surface area contributed by atoms with Gasteiger partial charge in [0.2, 0.25) is 0 Å². The molecule has 0 aromatic heterocycles. The summed E-state index contributed by atoms with van der Waals surface area (Å²) in [6.07, 6.45) is -0.380. The van der Waals surface area contributed by atoms with E-state index in [9.17, 15) is 5.11 Å². The zero-order chi connectivity index (χ0) is 12.1. The van der Waals surface area contributed by atoms with Crippen LogP contribution in [-0.2, 0) is 0 Å². The van der Waals surface area contributed by atoms with E-state index in [0.29, 0.717) is 5.92 Å². The fraction of sp³-hybridized carbons (Fsp3) is 0.571. The topological polar surface area (TPSA) is 23.5 Å². The highest BCUT2D eigenvalue weighted by atomic mass is 16.3. The Labute approximate surface area is 98.9 Å². The quantitative estimate of drug-likeness (QED) is 0.825. The molecule has 0 spiro atoms. The first-order valence-electron chi connectivity index (χ1n) is 6.07. The maximum Gasteiger partial charge on any atom is 0.0761 e. The van der Waals surface area contributed by atoms with Crippen molar-refractivity contribution in [2.45, 2.75) is 33.8 Å². The van der Waals surface area contributed by atoms with Crippen LogP contribution in [0.25, 0.3) is 0 Å². The molecule has 1 unspecified atom stereocenters. The van der Waals surface area contributed by atoms with Crippen molar-refractivity contribution >= 4 is 5.69 Å². The Balaban J connectivity index is 2.78. The molecule has 1 aromatic carbocycles. The zero-order valence-electron chi connectivity index (χ0n) is 10.8. The minimum absolute atomic E-state index is 0.380. The number of nitrogens with zero attached hydrogens (tertiary/aromatic N) is 1. The number of rotatable bonds is 5. The second-order valence-corrected chi connectivity index (χ2v) is 4.70. The molecular weight excluding hydrogens is 198 g/mol. The van der Waals surface area contributed by atoms with Gasteiger partial charge in [-0.15, -0.1) is 0 Å². The van der Waals surface area contributed by atoms with Crippen LogP contribution in [0.2, 0.25) is 0 Å². The van der Waals surface area contributed by atoms with Crippen LogP contribution >= 0.6 is 0 Å². The maximum absolute atomic E-state index is 9.44. The van der Waals surface area contributed by atoms with Gasteiger partial charge in [0.1, 0.15) is 0 Å². The molecule has 2 heteroatoms. The van der Waals surface area contributed by atoms with Crippen molar-refractivity contribution in [1.82, 2.24) is 0 Å². The van der Waals surface area contributed by atoms with E-state index < -0.39 is 0 Å². The highest BCUT2D eigenvalue weighted by Crippen LogP contribution is 2.19. The molecule has 0 saturated heterocycles. The third-order valence-electron chi connectivity index (χ3n) is 2.71. The standard InChI is InChI=1S/C14H23NO/c1-5-15(10-11(2)3)14-8-6-13(7-9-14)12(4)16/h6-9,11-12,16H,5,10H2,1-4H3. The second-order valence-electron chi connectivity index (χ2n) is 4.70. The minimum Gasteiger partial charge on any atom is -0.389 e. The molecule has 0 aliphatic rings. The molecule has 1 N–H and O–H groups in total. The van der Waals surface area contributed by atoms with Crippen molar-refractivity contribution in [3.8, 4) is 0 Å². The third-order valence-corrected chi connectivity index (χ3v) is 2.71. The van der Waals surface area contributed by atoms with Crippen molar-refractivity contribution < 1.29 is 5.11 Å². The third kappa shape index (κ3) is 3.53. The molecule has 0 heterocycles.